The lowest BCUT2D eigenvalue weighted by Crippen LogP contribution is -2.49. The summed E-state index contributed by atoms with van der Waals surface area (Å²) in [6.45, 7) is 8.35. The largest absolute Gasteiger partial charge is 0.372 e. The van der Waals surface area contributed by atoms with Crippen LogP contribution in [0.25, 0.3) is 0 Å². The van der Waals surface area contributed by atoms with Crippen LogP contribution in [0.4, 0.5) is 11.9 Å². The van der Waals surface area contributed by atoms with E-state index in [4.69, 9.17) is 16.3 Å². The Hall–Kier alpha value is -1.14. The van der Waals surface area contributed by atoms with E-state index in [-0.39, 0.29) is 10.9 Å². The van der Waals surface area contributed by atoms with Gasteiger partial charge in [-0.05, 0) is 38.3 Å². The number of morpholine rings is 1. The monoisotopic (exact) mass is 297 g/mol. The van der Waals surface area contributed by atoms with E-state index < -0.39 is 0 Å². The number of hydrogen-bond donors (Lipinski definition) is 0. The van der Waals surface area contributed by atoms with Crippen molar-refractivity contribution in [2.45, 2.75) is 32.3 Å². The molecule has 0 amide bonds. The molecule has 1 aromatic heterocycles. The molecule has 3 rings (SSSR count). The fourth-order valence-corrected chi connectivity index (χ4v) is 2.87. The molecular formula is C13H20ClN5O. The molecule has 0 spiro atoms. The number of hydrogen-bond acceptors (Lipinski definition) is 6. The Morgan fingerprint density at radius 2 is 1.65 bits per heavy atom. The van der Waals surface area contributed by atoms with Crippen LogP contribution in [-0.2, 0) is 4.74 Å². The maximum absolute atomic E-state index is 6.07. The first-order valence-corrected chi connectivity index (χ1v) is 7.47. The molecule has 0 saturated carbocycles. The lowest BCUT2D eigenvalue weighted by atomic mass is 10.1. The fraction of sp³-hybridized carbons (Fsp3) is 0.769. The molecule has 0 unspecified atom stereocenters. The molecule has 6 nitrogen and oxygen atoms in total. The molecule has 2 aliphatic rings. The number of aromatic nitrogens is 3. The maximum Gasteiger partial charge on any atom is 0.231 e. The minimum Gasteiger partial charge on any atom is -0.372 e. The van der Waals surface area contributed by atoms with E-state index in [1.807, 2.05) is 0 Å². The normalized spacial score (nSPS) is 22.4. The first-order chi connectivity index (χ1) is 9.53. The number of rotatable bonds is 2. The molecule has 20 heavy (non-hydrogen) atoms. The Morgan fingerprint density at radius 3 is 2.30 bits per heavy atom. The number of nitrogens with zero attached hydrogens (tertiary/aromatic N) is 5. The minimum absolute atomic E-state index is 0.189. The zero-order valence-corrected chi connectivity index (χ0v) is 12.7. The molecule has 2 saturated heterocycles. The van der Waals surface area contributed by atoms with Crippen molar-refractivity contribution >= 4 is 23.5 Å². The van der Waals surface area contributed by atoms with Gasteiger partial charge in [-0.15, -0.1) is 0 Å². The molecule has 0 aliphatic carbocycles. The summed E-state index contributed by atoms with van der Waals surface area (Å²) in [6.07, 6.45) is 2.37. The zero-order valence-electron chi connectivity index (χ0n) is 12.0. The Bertz CT molecular complexity index is 490. The van der Waals surface area contributed by atoms with Gasteiger partial charge in [-0.2, -0.15) is 15.0 Å². The van der Waals surface area contributed by atoms with Crippen molar-refractivity contribution in [3.8, 4) is 0 Å². The Labute approximate surface area is 124 Å². The van der Waals surface area contributed by atoms with Gasteiger partial charge in [0.2, 0.25) is 17.2 Å². The van der Waals surface area contributed by atoms with Gasteiger partial charge in [-0.25, -0.2) is 0 Å². The molecule has 2 aliphatic heterocycles. The average Bonchev–Trinajstić information content (AvgIpc) is 2.90. The average molecular weight is 298 g/mol. The highest BCUT2D eigenvalue weighted by molar-refractivity contribution is 6.28. The lowest BCUT2D eigenvalue weighted by Gasteiger charge is -2.38. The van der Waals surface area contributed by atoms with Crippen molar-refractivity contribution in [1.29, 1.82) is 0 Å². The van der Waals surface area contributed by atoms with Crippen LogP contribution in [0.15, 0.2) is 0 Å². The highest BCUT2D eigenvalue weighted by atomic mass is 35.5. The van der Waals surface area contributed by atoms with Crippen LogP contribution in [-0.4, -0.2) is 53.3 Å². The van der Waals surface area contributed by atoms with Crippen LogP contribution in [0.3, 0.4) is 0 Å². The summed E-state index contributed by atoms with van der Waals surface area (Å²) in [4.78, 5) is 17.4. The van der Waals surface area contributed by atoms with Crippen LogP contribution < -0.4 is 9.80 Å². The van der Waals surface area contributed by atoms with E-state index in [1.165, 1.54) is 12.8 Å². The maximum atomic E-state index is 6.07. The highest BCUT2D eigenvalue weighted by Crippen LogP contribution is 2.24. The molecule has 0 atom stereocenters. The first kappa shape index (κ1) is 13.8. The SMILES string of the molecule is CC1(C)CN(c2nc(Cl)nc(N3CCCC3)n2)CCO1. The zero-order chi connectivity index (χ0) is 14.2. The lowest BCUT2D eigenvalue weighted by molar-refractivity contribution is -0.0281. The second-order valence-corrected chi connectivity index (χ2v) is 6.27. The summed E-state index contributed by atoms with van der Waals surface area (Å²) < 4.78 is 5.72. The van der Waals surface area contributed by atoms with Crippen LogP contribution in [0, 0.1) is 0 Å². The van der Waals surface area contributed by atoms with Crippen LogP contribution >= 0.6 is 11.6 Å². The van der Waals surface area contributed by atoms with Crippen molar-refractivity contribution in [1.82, 2.24) is 15.0 Å². The van der Waals surface area contributed by atoms with Gasteiger partial charge >= 0.3 is 0 Å². The van der Waals surface area contributed by atoms with Gasteiger partial charge in [-0.3, -0.25) is 0 Å². The van der Waals surface area contributed by atoms with Crippen LogP contribution in [0.1, 0.15) is 26.7 Å². The Balaban J connectivity index is 1.85. The van der Waals surface area contributed by atoms with Crippen molar-refractivity contribution in [2.75, 3.05) is 42.6 Å². The van der Waals surface area contributed by atoms with E-state index >= 15 is 0 Å². The molecule has 0 N–H and O–H groups in total. The van der Waals surface area contributed by atoms with Crippen molar-refractivity contribution in [3.63, 3.8) is 0 Å². The molecule has 2 fully saturated rings. The highest BCUT2D eigenvalue weighted by Gasteiger charge is 2.29. The molecule has 110 valence electrons. The summed E-state index contributed by atoms with van der Waals surface area (Å²) in [5.41, 5.74) is -0.189. The van der Waals surface area contributed by atoms with Crippen LogP contribution in [0.5, 0.6) is 0 Å². The molecular weight excluding hydrogens is 278 g/mol. The molecule has 1 aromatic rings. The molecule has 0 bridgehead atoms. The predicted molar refractivity (Wildman–Crippen MR) is 78.5 cm³/mol. The Kier molecular flexibility index (Phi) is 3.69. The first-order valence-electron chi connectivity index (χ1n) is 7.09. The molecule has 3 heterocycles. The van der Waals surface area contributed by atoms with E-state index in [2.05, 4.69) is 38.6 Å². The summed E-state index contributed by atoms with van der Waals surface area (Å²) in [5, 5.41) is 0.265. The quantitative estimate of drug-likeness (QED) is 0.829. The van der Waals surface area contributed by atoms with E-state index in [1.54, 1.807) is 0 Å². The van der Waals surface area contributed by atoms with Gasteiger partial charge in [0, 0.05) is 26.2 Å². The molecule has 0 aromatic carbocycles. The van der Waals surface area contributed by atoms with E-state index in [0.717, 1.165) is 26.2 Å². The predicted octanol–water partition coefficient (Wildman–Crippen LogP) is 1.74. The fourth-order valence-electron chi connectivity index (χ4n) is 2.72. The van der Waals surface area contributed by atoms with Crippen molar-refractivity contribution < 1.29 is 4.74 Å². The molecule has 0 radical (unpaired) electrons. The number of ether oxygens (including phenoxy) is 1. The van der Waals surface area contributed by atoms with Gasteiger partial charge in [-0.1, -0.05) is 0 Å². The number of anilines is 2. The van der Waals surface area contributed by atoms with E-state index in [9.17, 15) is 0 Å². The Morgan fingerprint density at radius 1 is 1.00 bits per heavy atom. The van der Waals surface area contributed by atoms with Gasteiger partial charge in [0.15, 0.2) is 0 Å². The summed E-state index contributed by atoms with van der Waals surface area (Å²) in [6, 6.07) is 0. The summed E-state index contributed by atoms with van der Waals surface area (Å²) in [7, 11) is 0. The second-order valence-electron chi connectivity index (χ2n) is 5.93. The molecule has 7 heteroatoms. The van der Waals surface area contributed by atoms with Crippen molar-refractivity contribution in [2.24, 2.45) is 0 Å². The van der Waals surface area contributed by atoms with Crippen molar-refractivity contribution in [3.05, 3.63) is 5.28 Å². The van der Waals surface area contributed by atoms with Crippen LogP contribution in [0.2, 0.25) is 5.28 Å². The third kappa shape index (κ3) is 2.96. The minimum atomic E-state index is -0.189. The topological polar surface area (TPSA) is 54.4 Å². The van der Waals surface area contributed by atoms with Gasteiger partial charge in [0.1, 0.15) is 0 Å². The smallest absolute Gasteiger partial charge is 0.231 e. The summed E-state index contributed by atoms with van der Waals surface area (Å²) in [5.74, 6) is 1.35. The third-order valence-electron chi connectivity index (χ3n) is 3.68. The number of halogens is 1. The second kappa shape index (κ2) is 5.33. The third-order valence-corrected chi connectivity index (χ3v) is 3.85. The standard InChI is InChI=1S/C13H20ClN5O/c1-13(2)9-19(7-8-20-13)12-16-10(14)15-11(17-12)18-5-3-4-6-18/h3-9H2,1-2H3. The van der Waals surface area contributed by atoms with E-state index in [0.29, 0.717) is 18.5 Å². The van der Waals surface area contributed by atoms with Gasteiger partial charge in [0.05, 0.1) is 12.2 Å². The van der Waals surface area contributed by atoms with Gasteiger partial charge < -0.3 is 14.5 Å². The summed E-state index contributed by atoms with van der Waals surface area (Å²) >= 11 is 6.07. The van der Waals surface area contributed by atoms with Gasteiger partial charge in [0.25, 0.3) is 0 Å².